The molecule has 2 rings (SSSR count). The van der Waals surface area contributed by atoms with Gasteiger partial charge in [0, 0.05) is 6.20 Å². The minimum absolute atomic E-state index is 0.0859. The Hall–Kier alpha value is -3.46. The quantitative estimate of drug-likeness (QED) is 0.222. The molecule has 2 aromatic carbocycles. The first-order valence-corrected chi connectivity index (χ1v) is 6.56. The van der Waals surface area contributed by atoms with Crippen molar-refractivity contribution in [2.24, 2.45) is 10.7 Å². The topological polar surface area (TPSA) is 112 Å². The second-order valence-electron chi connectivity index (χ2n) is 4.36. The number of para-hydroxylation sites is 3. The van der Waals surface area contributed by atoms with Gasteiger partial charge in [-0.25, -0.2) is 4.99 Å². The van der Waals surface area contributed by atoms with Gasteiger partial charge in [-0.3, -0.25) is 0 Å². The Bertz CT molecular complexity index is 728. The van der Waals surface area contributed by atoms with Gasteiger partial charge in [-0.2, -0.15) is 5.26 Å². The van der Waals surface area contributed by atoms with Gasteiger partial charge >= 0.3 is 0 Å². The minimum Gasteiger partial charge on any atom is -0.397 e. The number of nitrogens with one attached hydrogen (secondary N) is 2. The second kappa shape index (κ2) is 7.36. The van der Waals surface area contributed by atoms with Crippen LogP contribution in [0, 0.1) is 11.3 Å². The number of amidine groups is 1. The van der Waals surface area contributed by atoms with Gasteiger partial charge in [0.05, 0.1) is 17.1 Å². The van der Waals surface area contributed by atoms with Crippen LogP contribution in [0.15, 0.2) is 71.4 Å². The Morgan fingerprint density at radius 3 is 2.45 bits per heavy atom. The number of hydrazine groups is 1. The van der Waals surface area contributed by atoms with E-state index in [4.69, 9.17) is 16.7 Å². The van der Waals surface area contributed by atoms with Crippen molar-refractivity contribution in [2.45, 2.75) is 0 Å². The molecule has 0 fully saturated rings. The first-order chi connectivity index (χ1) is 10.7. The number of anilines is 2. The first-order valence-electron chi connectivity index (χ1n) is 6.56. The van der Waals surface area contributed by atoms with E-state index in [1.807, 2.05) is 36.4 Å². The SMILES string of the molecule is N#C/C(=C/NNc1ccccc1)C(N)=Nc1ccccc1N. The zero-order valence-electron chi connectivity index (χ0n) is 11.8. The van der Waals surface area contributed by atoms with Gasteiger partial charge in [0.25, 0.3) is 0 Å². The fourth-order valence-electron chi connectivity index (χ4n) is 1.66. The van der Waals surface area contributed by atoms with Crippen molar-refractivity contribution in [3.8, 4) is 6.07 Å². The monoisotopic (exact) mass is 292 g/mol. The molecule has 0 aliphatic heterocycles. The first kappa shape index (κ1) is 14.9. The molecule has 2 aromatic rings. The third kappa shape index (κ3) is 4.02. The standard InChI is InChI=1S/C16H16N6/c17-10-12(11-20-22-13-6-2-1-3-7-13)16(19)21-15-9-5-4-8-14(15)18/h1-9,11,20,22H,18H2,(H2,19,21)/b12-11-. The van der Waals surface area contributed by atoms with E-state index in [1.54, 1.807) is 24.3 Å². The van der Waals surface area contributed by atoms with Gasteiger partial charge in [-0.1, -0.05) is 30.3 Å². The lowest BCUT2D eigenvalue weighted by molar-refractivity contribution is 1.05. The summed E-state index contributed by atoms with van der Waals surface area (Å²) < 4.78 is 0. The summed E-state index contributed by atoms with van der Waals surface area (Å²) in [5.74, 6) is 0.0859. The van der Waals surface area contributed by atoms with E-state index in [2.05, 4.69) is 15.8 Å². The van der Waals surface area contributed by atoms with Crippen LogP contribution in [-0.4, -0.2) is 5.84 Å². The number of nitrogens with zero attached hydrogens (tertiary/aromatic N) is 2. The normalized spacial score (nSPS) is 11.6. The summed E-state index contributed by atoms with van der Waals surface area (Å²) in [6.07, 6.45) is 1.45. The van der Waals surface area contributed by atoms with Crippen molar-refractivity contribution < 1.29 is 0 Å². The van der Waals surface area contributed by atoms with Gasteiger partial charge in [0.1, 0.15) is 17.5 Å². The lowest BCUT2D eigenvalue weighted by Crippen LogP contribution is -2.20. The molecular formula is C16H16N6. The number of rotatable bonds is 5. The van der Waals surface area contributed by atoms with Crippen LogP contribution >= 0.6 is 0 Å². The third-order valence-electron chi connectivity index (χ3n) is 2.78. The molecule has 0 spiro atoms. The van der Waals surface area contributed by atoms with Crippen LogP contribution in [-0.2, 0) is 0 Å². The highest BCUT2D eigenvalue weighted by Crippen LogP contribution is 2.20. The maximum absolute atomic E-state index is 9.16. The van der Waals surface area contributed by atoms with Crippen molar-refractivity contribution in [3.05, 3.63) is 66.4 Å². The molecule has 110 valence electrons. The van der Waals surface area contributed by atoms with Crippen LogP contribution in [0.25, 0.3) is 0 Å². The van der Waals surface area contributed by atoms with E-state index in [0.717, 1.165) is 5.69 Å². The zero-order chi connectivity index (χ0) is 15.8. The predicted octanol–water partition coefficient (Wildman–Crippen LogP) is 2.28. The van der Waals surface area contributed by atoms with Gasteiger partial charge in [0.15, 0.2) is 0 Å². The van der Waals surface area contributed by atoms with Crippen LogP contribution < -0.4 is 22.3 Å². The number of hydrogen-bond donors (Lipinski definition) is 4. The highest BCUT2D eigenvalue weighted by Gasteiger charge is 2.03. The van der Waals surface area contributed by atoms with Crippen molar-refractivity contribution in [1.82, 2.24) is 5.43 Å². The number of nitrogens with two attached hydrogens (primary N) is 2. The summed E-state index contributed by atoms with van der Waals surface area (Å²) in [4.78, 5) is 4.17. The molecule has 0 heterocycles. The van der Waals surface area contributed by atoms with Crippen LogP contribution in [0.5, 0.6) is 0 Å². The van der Waals surface area contributed by atoms with Crippen molar-refractivity contribution in [1.29, 1.82) is 5.26 Å². The Kier molecular flexibility index (Phi) is 5.00. The smallest absolute Gasteiger partial charge is 0.143 e. The summed E-state index contributed by atoms with van der Waals surface area (Å²) in [5, 5.41) is 9.16. The van der Waals surface area contributed by atoms with Gasteiger partial charge < -0.3 is 22.3 Å². The van der Waals surface area contributed by atoms with Crippen LogP contribution in [0.2, 0.25) is 0 Å². The number of aliphatic imine (C=N–C) groups is 1. The average molecular weight is 292 g/mol. The van der Waals surface area contributed by atoms with Crippen LogP contribution in [0.4, 0.5) is 17.1 Å². The molecule has 0 aromatic heterocycles. The highest BCUT2D eigenvalue weighted by atomic mass is 15.3. The molecule has 0 radical (unpaired) electrons. The molecule has 6 N–H and O–H groups in total. The summed E-state index contributed by atoms with van der Waals surface area (Å²) in [6.45, 7) is 0. The fourth-order valence-corrected chi connectivity index (χ4v) is 1.66. The number of nitrogen functional groups attached to an aromatic ring is 1. The third-order valence-corrected chi connectivity index (χ3v) is 2.78. The predicted molar refractivity (Wildman–Crippen MR) is 89.0 cm³/mol. The van der Waals surface area contributed by atoms with E-state index in [0.29, 0.717) is 11.4 Å². The molecule has 0 unspecified atom stereocenters. The molecule has 0 bridgehead atoms. The Balaban J connectivity index is 2.09. The summed E-state index contributed by atoms with van der Waals surface area (Å²) in [5.41, 5.74) is 19.5. The van der Waals surface area contributed by atoms with Crippen molar-refractivity contribution in [3.63, 3.8) is 0 Å². The molecule has 0 amide bonds. The molecule has 6 nitrogen and oxygen atoms in total. The lowest BCUT2D eigenvalue weighted by atomic mass is 10.2. The maximum atomic E-state index is 9.16. The van der Waals surface area contributed by atoms with Gasteiger partial charge in [-0.05, 0) is 24.3 Å². The van der Waals surface area contributed by atoms with E-state index < -0.39 is 0 Å². The van der Waals surface area contributed by atoms with E-state index in [1.165, 1.54) is 6.20 Å². The van der Waals surface area contributed by atoms with E-state index in [9.17, 15) is 0 Å². The molecule has 0 aliphatic rings. The largest absolute Gasteiger partial charge is 0.397 e. The molecule has 22 heavy (non-hydrogen) atoms. The molecule has 0 saturated carbocycles. The van der Waals surface area contributed by atoms with Crippen molar-refractivity contribution in [2.75, 3.05) is 11.2 Å². The average Bonchev–Trinajstić information content (AvgIpc) is 2.54. The Morgan fingerprint density at radius 1 is 1.09 bits per heavy atom. The number of benzene rings is 2. The van der Waals surface area contributed by atoms with E-state index >= 15 is 0 Å². The van der Waals surface area contributed by atoms with Crippen LogP contribution in [0.3, 0.4) is 0 Å². The Morgan fingerprint density at radius 2 is 1.77 bits per heavy atom. The van der Waals surface area contributed by atoms with Crippen molar-refractivity contribution >= 4 is 22.9 Å². The summed E-state index contributed by atoms with van der Waals surface area (Å²) in [7, 11) is 0. The molecule has 0 atom stereocenters. The summed E-state index contributed by atoms with van der Waals surface area (Å²) >= 11 is 0. The fraction of sp³-hybridized carbons (Fsp3) is 0. The molecule has 0 saturated heterocycles. The van der Waals surface area contributed by atoms with Gasteiger partial charge in [-0.15, -0.1) is 0 Å². The molecule has 6 heteroatoms. The number of hydrogen-bond acceptors (Lipinski definition) is 5. The molecule has 0 aliphatic carbocycles. The summed E-state index contributed by atoms with van der Waals surface area (Å²) in [6, 6.07) is 18.5. The lowest BCUT2D eigenvalue weighted by Gasteiger charge is -2.06. The van der Waals surface area contributed by atoms with E-state index in [-0.39, 0.29) is 11.4 Å². The minimum atomic E-state index is 0.0859. The number of nitriles is 1. The Labute approximate surface area is 128 Å². The zero-order valence-corrected chi connectivity index (χ0v) is 11.8. The maximum Gasteiger partial charge on any atom is 0.143 e. The van der Waals surface area contributed by atoms with Crippen LogP contribution in [0.1, 0.15) is 0 Å². The highest BCUT2D eigenvalue weighted by molar-refractivity contribution is 6.02. The second-order valence-corrected chi connectivity index (χ2v) is 4.36. The molecular weight excluding hydrogens is 276 g/mol. The van der Waals surface area contributed by atoms with Gasteiger partial charge in [0.2, 0.25) is 0 Å².